The molecule has 0 fully saturated rings. The van der Waals surface area contributed by atoms with Crippen molar-refractivity contribution in [2.75, 3.05) is 105 Å². The Morgan fingerprint density at radius 2 is 0.658 bits per heavy atom. The highest BCUT2D eigenvalue weighted by molar-refractivity contribution is 5.66. The Bertz CT molecular complexity index is 461. The third-order valence-corrected chi connectivity index (χ3v) is 6.30. The van der Waals surface area contributed by atoms with Crippen LogP contribution in [-0.2, 0) is 4.79 Å². The van der Waals surface area contributed by atoms with Crippen molar-refractivity contribution in [1.29, 1.82) is 0 Å². The van der Waals surface area contributed by atoms with Crippen LogP contribution in [-0.4, -0.2) is 116 Å². The molecule has 0 aliphatic carbocycles. The Morgan fingerprint density at radius 3 is 0.947 bits per heavy atom. The molecule has 0 atom stereocenters. The van der Waals surface area contributed by atoms with Gasteiger partial charge in [-0.05, 0) is 77.8 Å². The van der Waals surface area contributed by atoms with Gasteiger partial charge in [0, 0.05) is 71.9 Å². The van der Waals surface area contributed by atoms with Gasteiger partial charge in [0.2, 0.25) is 0 Å². The van der Waals surface area contributed by atoms with E-state index < -0.39 is 5.97 Å². The summed E-state index contributed by atoms with van der Waals surface area (Å²) >= 11 is 0. The largest absolute Gasteiger partial charge is 0.481 e. The number of hydrogen-bond acceptors (Lipinski definition) is 9. The number of unbranched alkanes of at least 4 members (excludes halogenated alkanes) is 6. The van der Waals surface area contributed by atoms with Crippen LogP contribution >= 0.6 is 0 Å². The van der Waals surface area contributed by atoms with E-state index in [-0.39, 0.29) is 0 Å². The fourth-order valence-corrected chi connectivity index (χ4v) is 3.99. The molecule has 38 heavy (non-hydrogen) atoms. The second kappa shape index (κ2) is 34.2. The Hall–Kier alpha value is -0.850. The second-order valence-corrected chi connectivity index (χ2v) is 9.93. The van der Waals surface area contributed by atoms with Crippen molar-refractivity contribution >= 4 is 5.97 Å². The van der Waals surface area contributed by atoms with Gasteiger partial charge in [-0.25, -0.2) is 0 Å². The second-order valence-electron chi connectivity index (χ2n) is 9.93. The molecule has 0 saturated carbocycles. The first kappa shape index (κ1) is 37.1. The van der Waals surface area contributed by atoms with Gasteiger partial charge >= 0.3 is 5.97 Å². The van der Waals surface area contributed by atoms with Crippen molar-refractivity contribution in [3.8, 4) is 0 Å². The van der Waals surface area contributed by atoms with Gasteiger partial charge in [0.25, 0.3) is 0 Å². The smallest absolute Gasteiger partial charge is 0.303 e. The summed E-state index contributed by atoms with van der Waals surface area (Å²) in [6.45, 7) is 18.9. The molecule has 0 aromatic rings. The van der Waals surface area contributed by atoms with E-state index in [0.717, 1.165) is 124 Å². The van der Waals surface area contributed by atoms with Crippen molar-refractivity contribution in [3.63, 3.8) is 0 Å². The maximum absolute atomic E-state index is 10.4. The van der Waals surface area contributed by atoms with Gasteiger partial charge in [-0.2, -0.15) is 0 Å². The Morgan fingerprint density at radius 1 is 0.395 bits per heavy atom. The number of carbonyl (C=O) groups is 1. The van der Waals surface area contributed by atoms with Crippen LogP contribution in [0.4, 0.5) is 0 Å². The van der Waals surface area contributed by atoms with Crippen LogP contribution in [0.15, 0.2) is 0 Å². The van der Waals surface area contributed by atoms with Gasteiger partial charge in [-0.15, -0.1) is 0 Å². The summed E-state index contributed by atoms with van der Waals surface area (Å²) in [5, 5.41) is 36.3. The van der Waals surface area contributed by atoms with Gasteiger partial charge in [0.1, 0.15) is 0 Å². The minimum Gasteiger partial charge on any atom is -0.481 e. The minimum atomic E-state index is -0.692. The number of nitrogens with one attached hydrogen (secondary N) is 8. The summed E-state index contributed by atoms with van der Waals surface area (Å²) in [6.07, 6.45) is 10.7. The molecular formula is C28H64N8O2. The van der Waals surface area contributed by atoms with E-state index in [0.29, 0.717) is 6.42 Å². The highest BCUT2D eigenvalue weighted by Gasteiger charge is 1.96. The summed E-state index contributed by atoms with van der Waals surface area (Å²) in [4.78, 5) is 10.4. The molecule has 0 radical (unpaired) electrons. The third kappa shape index (κ3) is 35.2. The number of hydrogen-bond donors (Lipinski definition) is 9. The maximum Gasteiger partial charge on any atom is 0.303 e. The van der Waals surface area contributed by atoms with Crippen molar-refractivity contribution in [1.82, 2.24) is 42.5 Å². The van der Waals surface area contributed by atoms with Crippen LogP contribution in [0.3, 0.4) is 0 Å². The molecule has 10 heteroatoms. The fourth-order valence-electron chi connectivity index (χ4n) is 3.99. The first-order valence-electron chi connectivity index (χ1n) is 15.6. The minimum absolute atomic E-state index is 0.291. The summed E-state index contributed by atoms with van der Waals surface area (Å²) in [5.41, 5.74) is 0. The summed E-state index contributed by atoms with van der Waals surface area (Å²) in [7, 11) is 0. The maximum atomic E-state index is 10.4. The lowest BCUT2D eigenvalue weighted by Crippen LogP contribution is -2.33. The molecule has 0 aliphatic rings. The molecule has 0 aromatic carbocycles. The third-order valence-electron chi connectivity index (χ3n) is 6.30. The Balaban J connectivity index is 3.02. The lowest BCUT2D eigenvalue weighted by molar-refractivity contribution is -0.137. The molecule has 0 rings (SSSR count). The van der Waals surface area contributed by atoms with Crippen LogP contribution in [0.25, 0.3) is 0 Å². The van der Waals surface area contributed by atoms with E-state index >= 15 is 0 Å². The molecule has 0 aliphatic heterocycles. The first-order valence-corrected chi connectivity index (χ1v) is 15.6. The van der Waals surface area contributed by atoms with Gasteiger partial charge in [0.15, 0.2) is 0 Å². The van der Waals surface area contributed by atoms with E-state index in [1.807, 2.05) is 0 Å². The molecule has 0 unspecified atom stereocenters. The zero-order valence-electron chi connectivity index (χ0n) is 24.7. The van der Waals surface area contributed by atoms with Gasteiger partial charge in [0.05, 0.1) is 0 Å². The highest BCUT2D eigenvalue weighted by Crippen LogP contribution is 1.98. The molecule has 0 heterocycles. The van der Waals surface area contributed by atoms with Crippen LogP contribution in [0, 0.1) is 0 Å². The molecule has 228 valence electrons. The van der Waals surface area contributed by atoms with Crippen molar-refractivity contribution in [2.24, 2.45) is 0 Å². The summed E-state index contributed by atoms with van der Waals surface area (Å²) in [5.74, 6) is -0.692. The number of aliphatic carboxylic acids is 1. The van der Waals surface area contributed by atoms with E-state index in [9.17, 15) is 4.79 Å². The standard InChI is InChI=1S/C28H64N8O2/c1-2-29-18-19-30-14-8-4-9-15-32-22-26-36-27-23-34-17-11-5-10-16-33-21-25-35-24-20-31-13-7-3-6-12-28(37)38/h29-36H,2-27H2,1H3,(H,37,38). The van der Waals surface area contributed by atoms with Crippen molar-refractivity contribution in [3.05, 3.63) is 0 Å². The predicted octanol–water partition coefficient (Wildman–Crippen LogP) is 0.709. The predicted molar refractivity (Wildman–Crippen MR) is 162 cm³/mol. The molecule has 0 spiro atoms. The van der Waals surface area contributed by atoms with Crippen LogP contribution in [0.5, 0.6) is 0 Å². The lowest BCUT2D eigenvalue weighted by Gasteiger charge is -2.09. The average Bonchev–Trinajstić information content (AvgIpc) is 2.91. The van der Waals surface area contributed by atoms with Crippen LogP contribution in [0.1, 0.15) is 71.1 Å². The van der Waals surface area contributed by atoms with E-state index in [2.05, 4.69) is 49.5 Å². The zero-order valence-corrected chi connectivity index (χ0v) is 24.7. The Labute approximate surface area is 234 Å². The number of carboxylic acids is 1. The highest BCUT2D eigenvalue weighted by atomic mass is 16.4. The summed E-state index contributed by atoms with van der Waals surface area (Å²) < 4.78 is 0. The van der Waals surface area contributed by atoms with Gasteiger partial charge < -0.3 is 47.6 Å². The molecule has 0 saturated heterocycles. The van der Waals surface area contributed by atoms with Crippen LogP contribution < -0.4 is 42.5 Å². The molecule has 0 bridgehead atoms. The van der Waals surface area contributed by atoms with Crippen molar-refractivity contribution in [2.45, 2.75) is 71.1 Å². The monoisotopic (exact) mass is 545 g/mol. The number of likely N-dealkylation sites (N-methyl/N-ethyl adjacent to an activating group) is 1. The van der Waals surface area contributed by atoms with Gasteiger partial charge in [-0.3, -0.25) is 4.79 Å². The number of carboxylic acid groups (broad SMARTS) is 1. The normalized spacial score (nSPS) is 11.4. The van der Waals surface area contributed by atoms with Crippen LogP contribution in [0.2, 0.25) is 0 Å². The molecule has 0 aromatic heterocycles. The van der Waals surface area contributed by atoms with E-state index in [1.54, 1.807) is 0 Å². The average molecular weight is 545 g/mol. The molecule has 0 amide bonds. The molecule has 10 nitrogen and oxygen atoms in total. The zero-order chi connectivity index (χ0) is 27.6. The van der Waals surface area contributed by atoms with Crippen molar-refractivity contribution < 1.29 is 9.90 Å². The number of rotatable bonds is 34. The topological polar surface area (TPSA) is 134 Å². The first-order chi connectivity index (χ1) is 18.8. The van der Waals surface area contributed by atoms with E-state index in [4.69, 9.17) is 5.11 Å². The SMILES string of the molecule is CCNCCNCCCCCNCCNCCNCCCCCNCCNCCNCCCCCC(=O)O. The molecule has 9 N–H and O–H groups in total. The van der Waals surface area contributed by atoms with E-state index in [1.165, 1.54) is 38.5 Å². The lowest BCUT2D eigenvalue weighted by atomic mass is 10.2. The summed E-state index contributed by atoms with van der Waals surface area (Å²) in [6, 6.07) is 0. The molecular weight excluding hydrogens is 480 g/mol. The van der Waals surface area contributed by atoms with Gasteiger partial charge in [-0.1, -0.05) is 26.2 Å². The fraction of sp³-hybridized carbons (Fsp3) is 0.964. The quantitative estimate of drug-likeness (QED) is 0.0534. The Kier molecular flexibility index (Phi) is 33.4.